The third-order valence-corrected chi connectivity index (χ3v) is 4.57. The first kappa shape index (κ1) is 18.9. The molecule has 0 aromatic heterocycles. The molecule has 0 unspecified atom stereocenters. The zero-order valence-corrected chi connectivity index (χ0v) is 14.8. The molecule has 0 bridgehead atoms. The molecule has 1 aliphatic rings. The molecule has 0 atom stereocenters. The molecule has 0 amide bonds. The summed E-state index contributed by atoms with van der Waals surface area (Å²) < 4.78 is 5.61. The fourth-order valence-electron chi connectivity index (χ4n) is 3.16. The number of rotatable bonds is 11. The van der Waals surface area contributed by atoms with Crippen LogP contribution < -0.4 is 5.32 Å². The largest absolute Gasteiger partial charge is 0.381 e. The van der Waals surface area contributed by atoms with Crippen molar-refractivity contribution in [2.24, 2.45) is 5.41 Å². The molecule has 0 aliphatic carbocycles. The van der Waals surface area contributed by atoms with Crippen molar-refractivity contribution in [3.63, 3.8) is 0 Å². The molecule has 1 saturated heterocycles. The van der Waals surface area contributed by atoms with E-state index in [-0.39, 0.29) is 0 Å². The maximum atomic E-state index is 5.61. The molecule has 4 heteroatoms. The van der Waals surface area contributed by atoms with Gasteiger partial charge < -0.3 is 19.9 Å². The second-order valence-electron chi connectivity index (χ2n) is 6.81. The summed E-state index contributed by atoms with van der Waals surface area (Å²) in [5.41, 5.74) is 0.418. The van der Waals surface area contributed by atoms with E-state index in [1.54, 1.807) is 0 Å². The summed E-state index contributed by atoms with van der Waals surface area (Å²) in [6.07, 6.45) is 4.88. The maximum absolute atomic E-state index is 5.61. The fourth-order valence-corrected chi connectivity index (χ4v) is 3.16. The first-order chi connectivity index (χ1) is 10.1. The van der Waals surface area contributed by atoms with E-state index in [0.717, 1.165) is 32.8 Å². The Morgan fingerprint density at radius 2 is 1.81 bits per heavy atom. The Hall–Kier alpha value is -0.160. The van der Waals surface area contributed by atoms with Gasteiger partial charge in [0.2, 0.25) is 0 Å². The van der Waals surface area contributed by atoms with E-state index in [1.165, 1.54) is 45.3 Å². The highest BCUT2D eigenvalue weighted by atomic mass is 16.5. The highest BCUT2D eigenvalue weighted by Gasteiger charge is 2.33. The lowest BCUT2D eigenvalue weighted by Gasteiger charge is -2.41. The van der Waals surface area contributed by atoms with Crippen LogP contribution in [0, 0.1) is 5.41 Å². The number of hydrogen-bond acceptors (Lipinski definition) is 4. The van der Waals surface area contributed by atoms with Crippen molar-refractivity contribution in [2.75, 3.05) is 66.6 Å². The smallest absolute Gasteiger partial charge is 0.0472 e. The summed E-state index contributed by atoms with van der Waals surface area (Å²) in [6.45, 7) is 13.5. The van der Waals surface area contributed by atoms with Gasteiger partial charge in [0, 0.05) is 26.3 Å². The van der Waals surface area contributed by atoms with Crippen LogP contribution in [0.1, 0.15) is 39.5 Å². The van der Waals surface area contributed by atoms with Gasteiger partial charge in [0.1, 0.15) is 0 Å². The van der Waals surface area contributed by atoms with Gasteiger partial charge in [-0.3, -0.25) is 0 Å². The van der Waals surface area contributed by atoms with Gasteiger partial charge in [-0.15, -0.1) is 0 Å². The average Bonchev–Trinajstić information content (AvgIpc) is 2.47. The zero-order chi connectivity index (χ0) is 15.6. The number of ether oxygens (including phenoxy) is 1. The maximum Gasteiger partial charge on any atom is 0.0472 e. The van der Waals surface area contributed by atoms with Crippen LogP contribution in [0.25, 0.3) is 0 Å². The normalized spacial score (nSPS) is 18.6. The summed E-state index contributed by atoms with van der Waals surface area (Å²) in [5.74, 6) is 0. The molecular weight excluding hydrogens is 262 g/mol. The predicted molar refractivity (Wildman–Crippen MR) is 90.9 cm³/mol. The first-order valence-corrected chi connectivity index (χ1v) is 8.77. The third kappa shape index (κ3) is 7.59. The van der Waals surface area contributed by atoms with Crippen molar-refractivity contribution in [3.8, 4) is 0 Å². The van der Waals surface area contributed by atoms with Gasteiger partial charge >= 0.3 is 0 Å². The Bertz CT molecular complexity index is 252. The molecule has 0 aromatic carbocycles. The summed E-state index contributed by atoms with van der Waals surface area (Å²) in [7, 11) is 4.32. The molecule has 0 aromatic rings. The summed E-state index contributed by atoms with van der Waals surface area (Å²) in [4.78, 5) is 4.92. The van der Waals surface area contributed by atoms with Crippen molar-refractivity contribution in [1.82, 2.24) is 15.1 Å². The van der Waals surface area contributed by atoms with Gasteiger partial charge in [0.25, 0.3) is 0 Å². The quantitative estimate of drug-likeness (QED) is 0.591. The Kier molecular flexibility index (Phi) is 9.49. The zero-order valence-electron chi connectivity index (χ0n) is 14.8. The van der Waals surface area contributed by atoms with Crippen LogP contribution in [-0.4, -0.2) is 76.4 Å². The minimum Gasteiger partial charge on any atom is -0.381 e. The van der Waals surface area contributed by atoms with Crippen LogP contribution in [0.2, 0.25) is 0 Å². The minimum absolute atomic E-state index is 0.418. The molecule has 1 aliphatic heterocycles. The Balaban J connectivity index is 2.47. The highest BCUT2D eigenvalue weighted by molar-refractivity contribution is 4.87. The fraction of sp³-hybridized carbons (Fsp3) is 1.00. The van der Waals surface area contributed by atoms with Crippen molar-refractivity contribution >= 4 is 0 Å². The van der Waals surface area contributed by atoms with E-state index in [9.17, 15) is 0 Å². The SMILES string of the molecule is CCCNCC1(CN(CC)CCCN(C)C)CCOCC1. The standard InChI is InChI=1S/C17H37N3O/c1-5-10-18-15-17(8-13-21-14-9-17)16-20(6-2)12-7-11-19(3)4/h18H,5-16H2,1-4H3. The van der Waals surface area contributed by atoms with Crippen molar-refractivity contribution in [3.05, 3.63) is 0 Å². The summed E-state index contributed by atoms with van der Waals surface area (Å²) in [6, 6.07) is 0. The first-order valence-electron chi connectivity index (χ1n) is 8.77. The lowest BCUT2D eigenvalue weighted by molar-refractivity contribution is -0.00391. The monoisotopic (exact) mass is 299 g/mol. The minimum atomic E-state index is 0.418. The van der Waals surface area contributed by atoms with E-state index in [1.807, 2.05) is 0 Å². The van der Waals surface area contributed by atoms with Crippen LogP contribution in [0.15, 0.2) is 0 Å². The van der Waals surface area contributed by atoms with Crippen molar-refractivity contribution in [2.45, 2.75) is 39.5 Å². The van der Waals surface area contributed by atoms with Gasteiger partial charge in [-0.2, -0.15) is 0 Å². The number of nitrogens with zero attached hydrogens (tertiary/aromatic N) is 2. The Morgan fingerprint density at radius 1 is 1.10 bits per heavy atom. The molecule has 4 nitrogen and oxygen atoms in total. The lowest BCUT2D eigenvalue weighted by Crippen LogP contribution is -2.48. The van der Waals surface area contributed by atoms with Crippen LogP contribution in [0.3, 0.4) is 0 Å². The van der Waals surface area contributed by atoms with Gasteiger partial charge in [-0.1, -0.05) is 13.8 Å². The van der Waals surface area contributed by atoms with Crippen molar-refractivity contribution < 1.29 is 4.74 Å². The van der Waals surface area contributed by atoms with E-state index in [0.29, 0.717) is 5.41 Å². The molecule has 21 heavy (non-hydrogen) atoms. The van der Waals surface area contributed by atoms with Crippen LogP contribution >= 0.6 is 0 Å². The second kappa shape index (κ2) is 10.5. The Morgan fingerprint density at radius 3 is 2.38 bits per heavy atom. The van der Waals surface area contributed by atoms with E-state index in [2.05, 4.69) is 43.1 Å². The van der Waals surface area contributed by atoms with E-state index < -0.39 is 0 Å². The Labute approximate surface area is 132 Å². The molecule has 1 heterocycles. The molecule has 0 spiro atoms. The predicted octanol–water partition coefficient (Wildman–Crippen LogP) is 2.06. The second-order valence-corrected chi connectivity index (χ2v) is 6.81. The molecule has 126 valence electrons. The number of nitrogens with one attached hydrogen (secondary N) is 1. The van der Waals surface area contributed by atoms with Gasteiger partial charge in [-0.25, -0.2) is 0 Å². The van der Waals surface area contributed by atoms with Gasteiger partial charge in [-0.05, 0) is 71.4 Å². The molecule has 1 fully saturated rings. The topological polar surface area (TPSA) is 27.7 Å². The summed E-state index contributed by atoms with van der Waals surface area (Å²) >= 11 is 0. The van der Waals surface area contributed by atoms with Gasteiger partial charge in [0.05, 0.1) is 0 Å². The third-order valence-electron chi connectivity index (χ3n) is 4.57. The van der Waals surface area contributed by atoms with Gasteiger partial charge in [0.15, 0.2) is 0 Å². The molecule has 1 N–H and O–H groups in total. The number of hydrogen-bond donors (Lipinski definition) is 1. The van der Waals surface area contributed by atoms with Crippen LogP contribution in [0.5, 0.6) is 0 Å². The average molecular weight is 300 g/mol. The molecular formula is C17H37N3O. The molecule has 1 rings (SSSR count). The summed E-state index contributed by atoms with van der Waals surface area (Å²) in [5, 5.41) is 3.66. The van der Waals surface area contributed by atoms with Crippen molar-refractivity contribution in [1.29, 1.82) is 0 Å². The highest BCUT2D eigenvalue weighted by Crippen LogP contribution is 2.31. The van der Waals surface area contributed by atoms with E-state index >= 15 is 0 Å². The lowest BCUT2D eigenvalue weighted by atomic mass is 9.79. The van der Waals surface area contributed by atoms with Crippen LogP contribution in [-0.2, 0) is 4.74 Å². The van der Waals surface area contributed by atoms with Crippen LogP contribution in [0.4, 0.5) is 0 Å². The van der Waals surface area contributed by atoms with E-state index in [4.69, 9.17) is 4.74 Å². The molecule has 0 saturated carbocycles. The molecule has 0 radical (unpaired) electrons.